The number of hydrogen-bond donors (Lipinski definition) is 2. The highest BCUT2D eigenvalue weighted by Crippen LogP contribution is 2.35. The maximum Gasteiger partial charge on any atom is 0.127 e. The van der Waals surface area contributed by atoms with Crippen molar-refractivity contribution >= 4 is 23.8 Å². The standard InChI is InChI=1S/C35H46N2O3/c1-10-25-14-23(19-34(3,4)5)16-27(32(25)38)21-36-30-13-12-29(40-9)18-31(30)37-22-28-17-24(20-35(6,7)8)15-26(11-2)33(28)39/h12-18,21-22,38-39H,10-11,19-20H2,1-9H3. The van der Waals surface area contributed by atoms with E-state index in [1.807, 2.05) is 44.2 Å². The molecule has 3 aromatic rings. The van der Waals surface area contributed by atoms with Gasteiger partial charge in [-0.3, -0.25) is 9.98 Å². The van der Waals surface area contributed by atoms with Crippen LogP contribution in [0, 0.1) is 10.8 Å². The minimum atomic E-state index is 0.123. The third kappa shape index (κ3) is 8.45. The van der Waals surface area contributed by atoms with Crippen molar-refractivity contribution in [3.8, 4) is 17.2 Å². The summed E-state index contributed by atoms with van der Waals surface area (Å²) in [4.78, 5) is 9.50. The van der Waals surface area contributed by atoms with Gasteiger partial charge >= 0.3 is 0 Å². The van der Waals surface area contributed by atoms with Crippen LogP contribution in [0.1, 0.15) is 88.8 Å². The molecule has 0 saturated carbocycles. The van der Waals surface area contributed by atoms with E-state index in [4.69, 9.17) is 14.7 Å². The SMILES string of the molecule is CCc1cc(CC(C)(C)C)cc(C=Nc2ccc(OC)cc2N=Cc2cc(CC(C)(C)C)cc(CC)c2O)c1O. The Bertz CT molecular complexity index is 1390. The van der Waals surface area contributed by atoms with E-state index in [9.17, 15) is 10.2 Å². The summed E-state index contributed by atoms with van der Waals surface area (Å²) in [5, 5.41) is 21.8. The van der Waals surface area contributed by atoms with Gasteiger partial charge in [-0.2, -0.15) is 0 Å². The van der Waals surface area contributed by atoms with Gasteiger partial charge in [0, 0.05) is 29.6 Å². The first-order valence-corrected chi connectivity index (χ1v) is 14.2. The van der Waals surface area contributed by atoms with Gasteiger partial charge in [0.05, 0.1) is 18.5 Å². The van der Waals surface area contributed by atoms with Crippen molar-refractivity contribution in [1.29, 1.82) is 0 Å². The Kier molecular flexibility index (Phi) is 9.83. The highest BCUT2D eigenvalue weighted by molar-refractivity contribution is 5.90. The van der Waals surface area contributed by atoms with E-state index in [0.717, 1.165) is 36.8 Å². The smallest absolute Gasteiger partial charge is 0.127 e. The summed E-state index contributed by atoms with van der Waals surface area (Å²) in [5.74, 6) is 1.18. The maximum absolute atomic E-state index is 10.9. The van der Waals surface area contributed by atoms with E-state index in [1.165, 1.54) is 11.1 Å². The molecule has 5 heteroatoms. The first-order valence-electron chi connectivity index (χ1n) is 14.2. The minimum Gasteiger partial charge on any atom is -0.507 e. The highest BCUT2D eigenvalue weighted by atomic mass is 16.5. The van der Waals surface area contributed by atoms with Gasteiger partial charge in [-0.1, -0.05) is 67.5 Å². The minimum absolute atomic E-state index is 0.123. The second-order valence-electron chi connectivity index (χ2n) is 12.9. The van der Waals surface area contributed by atoms with E-state index < -0.39 is 0 Å². The van der Waals surface area contributed by atoms with Crippen molar-refractivity contribution in [3.63, 3.8) is 0 Å². The number of nitrogens with zero attached hydrogens (tertiary/aromatic N) is 2. The van der Waals surface area contributed by atoms with Gasteiger partial charge < -0.3 is 14.9 Å². The normalized spacial score (nSPS) is 12.5. The first-order chi connectivity index (χ1) is 18.7. The number of aliphatic imine (C=N–C) groups is 2. The van der Waals surface area contributed by atoms with Crippen molar-refractivity contribution in [1.82, 2.24) is 0 Å². The first kappa shape index (κ1) is 30.9. The lowest BCUT2D eigenvalue weighted by Gasteiger charge is -2.19. The summed E-state index contributed by atoms with van der Waals surface area (Å²) in [6.07, 6.45) is 6.67. The van der Waals surface area contributed by atoms with Gasteiger partial charge in [0.2, 0.25) is 0 Å². The molecule has 0 saturated heterocycles. The predicted octanol–water partition coefficient (Wildman–Crippen LogP) is 8.91. The fourth-order valence-corrected chi connectivity index (χ4v) is 4.86. The lowest BCUT2D eigenvalue weighted by molar-refractivity contribution is 0.410. The van der Waals surface area contributed by atoms with Crippen LogP contribution in [0.15, 0.2) is 52.4 Å². The molecular formula is C35H46N2O3. The molecule has 0 atom stereocenters. The molecule has 0 spiro atoms. The molecule has 0 amide bonds. The molecule has 0 aliphatic carbocycles. The molecule has 0 fully saturated rings. The van der Waals surface area contributed by atoms with Gasteiger partial charge in [0.15, 0.2) is 0 Å². The van der Waals surface area contributed by atoms with Crippen molar-refractivity contribution in [2.24, 2.45) is 20.8 Å². The van der Waals surface area contributed by atoms with Gasteiger partial charge in [0.25, 0.3) is 0 Å². The molecule has 214 valence electrons. The average molecular weight is 543 g/mol. The van der Waals surface area contributed by atoms with Crippen LogP contribution < -0.4 is 4.74 Å². The number of phenols is 2. The van der Waals surface area contributed by atoms with Gasteiger partial charge in [-0.15, -0.1) is 0 Å². The molecule has 0 unspecified atom stereocenters. The Labute approximate surface area is 240 Å². The Hall–Kier alpha value is -3.60. The molecule has 0 aliphatic heterocycles. The quantitative estimate of drug-likeness (QED) is 0.265. The predicted molar refractivity (Wildman–Crippen MR) is 169 cm³/mol. The molecule has 5 nitrogen and oxygen atoms in total. The Morgan fingerprint density at radius 3 is 1.52 bits per heavy atom. The summed E-state index contributed by atoms with van der Waals surface area (Å²) in [5.41, 5.74) is 7.02. The number of aromatic hydroxyl groups is 2. The lowest BCUT2D eigenvalue weighted by Crippen LogP contribution is -2.10. The molecule has 0 bridgehead atoms. The third-order valence-corrected chi connectivity index (χ3v) is 6.65. The summed E-state index contributed by atoms with van der Waals surface area (Å²) >= 11 is 0. The summed E-state index contributed by atoms with van der Waals surface area (Å²) in [6, 6.07) is 13.7. The van der Waals surface area contributed by atoms with Gasteiger partial charge in [-0.05, 0) is 83.0 Å². The van der Waals surface area contributed by atoms with E-state index >= 15 is 0 Å². The lowest BCUT2D eigenvalue weighted by atomic mass is 9.86. The van der Waals surface area contributed by atoms with E-state index in [1.54, 1.807) is 19.5 Å². The molecule has 3 aromatic carbocycles. The van der Waals surface area contributed by atoms with Crippen LogP contribution in [0.2, 0.25) is 0 Å². The number of methoxy groups -OCH3 is 1. The molecule has 3 rings (SSSR count). The van der Waals surface area contributed by atoms with E-state index in [2.05, 4.69) is 53.7 Å². The summed E-state index contributed by atoms with van der Waals surface area (Å²) < 4.78 is 5.46. The zero-order valence-corrected chi connectivity index (χ0v) is 25.7. The largest absolute Gasteiger partial charge is 0.507 e. The van der Waals surface area contributed by atoms with Crippen molar-refractivity contribution in [3.05, 3.63) is 75.8 Å². The van der Waals surface area contributed by atoms with E-state index in [0.29, 0.717) is 28.3 Å². The maximum atomic E-state index is 10.9. The number of ether oxygens (including phenoxy) is 1. The Balaban J connectivity index is 2.04. The van der Waals surface area contributed by atoms with E-state index in [-0.39, 0.29) is 22.3 Å². The van der Waals surface area contributed by atoms with Crippen molar-refractivity contribution in [2.45, 2.75) is 81.1 Å². The number of rotatable bonds is 9. The van der Waals surface area contributed by atoms with Crippen LogP contribution in [0.25, 0.3) is 0 Å². The number of aryl methyl sites for hydroxylation is 2. The molecule has 2 N–H and O–H groups in total. The van der Waals surface area contributed by atoms with Crippen LogP contribution in [0.4, 0.5) is 11.4 Å². The van der Waals surface area contributed by atoms with Crippen molar-refractivity contribution in [2.75, 3.05) is 7.11 Å². The molecule has 0 aliphatic rings. The van der Waals surface area contributed by atoms with Crippen LogP contribution in [-0.4, -0.2) is 29.8 Å². The Morgan fingerprint density at radius 1 is 0.675 bits per heavy atom. The average Bonchev–Trinajstić information content (AvgIpc) is 2.87. The molecule has 0 heterocycles. The van der Waals surface area contributed by atoms with Crippen LogP contribution in [-0.2, 0) is 25.7 Å². The second-order valence-corrected chi connectivity index (χ2v) is 12.9. The Morgan fingerprint density at radius 2 is 1.12 bits per heavy atom. The van der Waals surface area contributed by atoms with Gasteiger partial charge in [-0.25, -0.2) is 0 Å². The molecule has 40 heavy (non-hydrogen) atoms. The van der Waals surface area contributed by atoms with Crippen LogP contribution >= 0.6 is 0 Å². The number of hydrogen-bond acceptors (Lipinski definition) is 5. The zero-order chi connectivity index (χ0) is 29.7. The fourth-order valence-electron chi connectivity index (χ4n) is 4.86. The third-order valence-electron chi connectivity index (χ3n) is 6.65. The highest BCUT2D eigenvalue weighted by Gasteiger charge is 2.16. The number of phenolic OH excluding ortho intramolecular Hbond substituents is 2. The zero-order valence-electron chi connectivity index (χ0n) is 25.7. The molecular weight excluding hydrogens is 496 g/mol. The topological polar surface area (TPSA) is 74.4 Å². The van der Waals surface area contributed by atoms with Gasteiger partial charge in [0.1, 0.15) is 17.2 Å². The van der Waals surface area contributed by atoms with Crippen LogP contribution in [0.5, 0.6) is 17.2 Å². The second kappa shape index (κ2) is 12.7. The van der Waals surface area contributed by atoms with Crippen molar-refractivity contribution < 1.29 is 14.9 Å². The number of benzene rings is 3. The fraction of sp³-hybridized carbons (Fsp3) is 0.429. The van der Waals surface area contributed by atoms with Crippen LogP contribution in [0.3, 0.4) is 0 Å². The summed E-state index contributed by atoms with van der Waals surface area (Å²) in [7, 11) is 1.62. The monoisotopic (exact) mass is 542 g/mol. The molecule has 0 aromatic heterocycles. The summed E-state index contributed by atoms with van der Waals surface area (Å²) in [6.45, 7) is 17.3. The molecule has 0 radical (unpaired) electrons.